The first-order chi connectivity index (χ1) is 6.60. The van der Waals surface area contributed by atoms with Crippen LogP contribution in [0.1, 0.15) is 28.0 Å². The van der Waals surface area contributed by atoms with Gasteiger partial charge in [0, 0.05) is 5.56 Å². The Labute approximate surface area is 78.0 Å². The third-order valence-electron chi connectivity index (χ3n) is 1.57. The molecule has 0 saturated carbocycles. The SMILES string of the molecule is N#Cc1nc(N)cc(C(F)F)c1C=O. The number of carbonyl (C=O) groups is 1. The Morgan fingerprint density at radius 1 is 1.64 bits per heavy atom. The maximum Gasteiger partial charge on any atom is 0.264 e. The predicted molar refractivity (Wildman–Crippen MR) is 43.7 cm³/mol. The summed E-state index contributed by atoms with van der Waals surface area (Å²) in [5.74, 6) is -0.206. The number of hydrogen-bond donors (Lipinski definition) is 1. The molecule has 2 N–H and O–H groups in total. The van der Waals surface area contributed by atoms with E-state index in [2.05, 4.69) is 4.98 Å². The summed E-state index contributed by atoms with van der Waals surface area (Å²) in [5, 5.41) is 8.51. The average Bonchev–Trinajstić information content (AvgIpc) is 2.16. The molecular formula is C8H5F2N3O. The van der Waals surface area contributed by atoms with Gasteiger partial charge in [0.2, 0.25) is 0 Å². The lowest BCUT2D eigenvalue weighted by atomic mass is 10.1. The fourth-order valence-corrected chi connectivity index (χ4v) is 0.985. The van der Waals surface area contributed by atoms with Crippen LogP contribution in [0, 0.1) is 11.3 Å². The van der Waals surface area contributed by atoms with Crippen LogP contribution in [-0.2, 0) is 0 Å². The molecule has 0 aromatic carbocycles. The molecule has 1 aromatic heterocycles. The van der Waals surface area contributed by atoms with Crippen molar-refractivity contribution in [3.63, 3.8) is 0 Å². The number of aldehydes is 1. The van der Waals surface area contributed by atoms with Gasteiger partial charge < -0.3 is 5.73 Å². The highest BCUT2D eigenvalue weighted by molar-refractivity contribution is 5.81. The zero-order valence-electron chi connectivity index (χ0n) is 6.87. The second-order valence-electron chi connectivity index (χ2n) is 2.43. The molecular weight excluding hydrogens is 192 g/mol. The van der Waals surface area contributed by atoms with Crippen molar-refractivity contribution in [1.29, 1.82) is 5.26 Å². The summed E-state index contributed by atoms with van der Waals surface area (Å²) in [7, 11) is 0. The van der Waals surface area contributed by atoms with E-state index < -0.39 is 17.6 Å². The second-order valence-corrected chi connectivity index (χ2v) is 2.43. The van der Waals surface area contributed by atoms with Crippen LogP contribution in [0.2, 0.25) is 0 Å². The van der Waals surface area contributed by atoms with Gasteiger partial charge in [-0.1, -0.05) is 0 Å². The van der Waals surface area contributed by atoms with E-state index in [1.165, 1.54) is 6.07 Å². The molecule has 0 saturated heterocycles. The molecule has 0 aliphatic heterocycles. The van der Waals surface area contributed by atoms with E-state index in [1.807, 2.05) is 0 Å². The Bertz CT molecular complexity index is 412. The zero-order chi connectivity index (χ0) is 10.7. The fraction of sp³-hybridized carbons (Fsp3) is 0.125. The third kappa shape index (κ3) is 1.66. The lowest BCUT2D eigenvalue weighted by molar-refractivity contribution is 0.110. The number of rotatable bonds is 2. The number of aromatic nitrogens is 1. The molecule has 14 heavy (non-hydrogen) atoms. The molecule has 0 spiro atoms. The van der Waals surface area contributed by atoms with E-state index in [-0.39, 0.29) is 17.8 Å². The van der Waals surface area contributed by atoms with E-state index in [0.29, 0.717) is 0 Å². The molecule has 1 rings (SSSR count). The van der Waals surface area contributed by atoms with Crippen LogP contribution in [0.3, 0.4) is 0 Å². The number of alkyl halides is 2. The van der Waals surface area contributed by atoms with E-state index in [9.17, 15) is 13.6 Å². The van der Waals surface area contributed by atoms with Crippen molar-refractivity contribution in [3.8, 4) is 6.07 Å². The van der Waals surface area contributed by atoms with Crippen LogP contribution in [0.15, 0.2) is 6.07 Å². The number of pyridine rings is 1. The number of anilines is 1. The molecule has 0 atom stereocenters. The quantitative estimate of drug-likeness (QED) is 0.724. The summed E-state index contributed by atoms with van der Waals surface area (Å²) >= 11 is 0. The smallest absolute Gasteiger partial charge is 0.264 e. The maximum absolute atomic E-state index is 12.4. The van der Waals surface area contributed by atoms with Crippen LogP contribution in [0.5, 0.6) is 0 Å². The third-order valence-corrected chi connectivity index (χ3v) is 1.57. The van der Waals surface area contributed by atoms with Crippen molar-refractivity contribution in [1.82, 2.24) is 4.98 Å². The number of nitrogens with zero attached hydrogens (tertiary/aromatic N) is 2. The number of nitriles is 1. The molecule has 0 amide bonds. The highest BCUT2D eigenvalue weighted by Crippen LogP contribution is 2.24. The summed E-state index contributed by atoms with van der Waals surface area (Å²) < 4.78 is 24.7. The van der Waals surface area contributed by atoms with Gasteiger partial charge in [-0.3, -0.25) is 4.79 Å². The molecule has 72 valence electrons. The number of hydrogen-bond acceptors (Lipinski definition) is 4. The standard InChI is InChI=1S/C8H5F2N3O/c9-8(10)4-1-7(12)13-6(2-11)5(4)3-14/h1,3,8H,(H2,12,13). The van der Waals surface area contributed by atoms with Gasteiger partial charge in [0.15, 0.2) is 12.0 Å². The molecule has 0 bridgehead atoms. The van der Waals surface area contributed by atoms with Crippen LogP contribution >= 0.6 is 0 Å². The Morgan fingerprint density at radius 3 is 2.71 bits per heavy atom. The van der Waals surface area contributed by atoms with Crippen LogP contribution in [0.4, 0.5) is 14.6 Å². The largest absolute Gasteiger partial charge is 0.384 e. The van der Waals surface area contributed by atoms with Crippen molar-refractivity contribution in [3.05, 3.63) is 22.9 Å². The molecule has 0 aliphatic carbocycles. The first-order valence-electron chi connectivity index (χ1n) is 3.54. The van der Waals surface area contributed by atoms with Crippen LogP contribution < -0.4 is 5.73 Å². The van der Waals surface area contributed by atoms with Gasteiger partial charge >= 0.3 is 0 Å². The van der Waals surface area contributed by atoms with E-state index in [4.69, 9.17) is 11.0 Å². The van der Waals surface area contributed by atoms with Crippen molar-refractivity contribution >= 4 is 12.1 Å². The summed E-state index contributed by atoms with van der Waals surface area (Å²) in [4.78, 5) is 13.9. The van der Waals surface area contributed by atoms with Crippen molar-refractivity contribution in [2.75, 3.05) is 5.73 Å². The van der Waals surface area contributed by atoms with Crippen LogP contribution in [-0.4, -0.2) is 11.3 Å². The lowest BCUT2D eigenvalue weighted by Crippen LogP contribution is -2.03. The molecule has 0 unspecified atom stereocenters. The first-order valence-corrected chi connectivity index (χ1v) is 3.54. The minimum absolute atomic E-state index is 0.173. The molecule has 1 heterocycles. The highest BCUT2D eigenvalue weighted by atomic mass is 19.3. The van der Waals surface area contributed by atoms with Crippen molar-refractivity contribution < 1.29 is 13.6 Å². The van der Waals surface area contributed by atoms with Gasteiger partial charge in [-0.2, -0.15) is 5.26 Å². The van der Waals surface area contributed by atoms with Gasteiger partial charge in [0.1, 0.15) is 11.9 Å². The number of nitrogen functional groups attached to an aromatic ring is 1. The summed E-state index contributed by atoms with van der Waals surface area (Å²) in [5.41, 5.74) is 3.83. The second kappa shape index (κ2) is 3.79. The van der Waals surface area contributed by atoms with Gasteiger partial charge in [0.05, 0.1) is 5.56 Å². The molecule has 0 aliphatic rings. The minimum Gasteiger partial charge on any atom is -0.384 e. The van der Waals surface area contributed by atoms with Gasteiger partial charge in [-0.25, -0.2) is 13.8 Å². The van der Waals surface area contributed by atoms with Gasteiger partial charge in [-0.05, 0) is 6.07 Å². The first kappa shape index (κ1) is 10.1. The molecule has 4 nitrogen and oxygen atoms in total. The molecule has 6 heteroatoms. The number of halogens is 2. The predicted octanol–water partition coefficient (Wildman–Crippen LogP) is 1.29. The Morgan fingerprint density at radius 2 is 2.29 bits per heavy atom. The van der Waals surface area contributed by atoms with Gasteiger partial charge in [0.25, 0.3) is 6.43 Å². The van der Waals surface area contributed by atoms with Crippen LogP contribution in [0.25, 0.3) is 0 Å². The minimum atomic E-state index is -2.85. The van der Waals surface area contributed by atoms with E-state index >= 15 is 0 Å². The average molecular weight is 197 g/mol. The van der Waals surface area contributed by atoms with Gasteiger partial charge in [-0.15, -0.1) is 0 Å². The Hall–Kier alpha value is -2.03. The lowest BCUT2D eigenvalue weighted by Gasteiger charge is -2.05. The topological polar surface area (TPSA) is 79.8 Å². The molecule has 0 fully saturated rings. The summed E-state index contributed by atoms with van der Waals surface area (Å²) in [6, 6.07) is 2.41. The zero-order valence-corrected chi connectivity index (χ0v) is 6.87. The Balaban J connectivity index is 3.49. The highest BCUT2D eigenvalue weighted by Gasteiger charge is 2.17. The van der Waals surface area contributed by atoms with Crippen molar-refractivity contribution in [2.24, 2.45) is 0 Å². The normalized spacial score (nSPS) is 9.86. The number of nitrogens with two attached hydrogens (primary N) is 1. The molecule has 1 aromatic rings. The van der Waals surface area contributed by atoms with E-state index in [1.54, 1.807) is 0 Å². The fourth-order valence-electron chi connectivity index (χ4n) is 0.985. The molecule has 0 radical (unpaired) electrons. The monoisotopic (exact) mass is 197 g/mol. The number of carbonyl (C=O) groups excluding carboxylic acids is 1. The maximum atomic E-state index is 12.4. The Kier molecular flexibility index (Phi) is 2.72. The summed E-state index contributed by atoms with van der Waals surface area (Å²) in [6.45, 7) is 0. The van der Waals surface area contributed by atoms with Crippen molar-refractivity contribution in [2.45, 2.75) is 6.43 Å². The van der Waals surface area contributed by atoms with E-state index in [0.717, 1.165) is 6.07 Å². The summed E-state index contributed by atoms with van der Waals surface area (Å²) in [6.07, 6.45) is -2.68.